The molecule has 0 heterocycles. The second-order valence-corrected chi connectivity index (χ2v) is 7.35. The number of carbonyl (C=O) groups excluding carboxylic acids is 1. The summed E-state index contributed by atoms with van der Waals surface area (Å²) in [4.78, 5) is 12.0. The maximum absolute atomic E-state index is 12.0. The van der Waals surface area contributed by atoms with E-state index >= 15 is 0 Å². The Bertz CT molecular complexity index is 708. The van der Waals surface area contributed by atoms with Crippen molar-refractivity contribution in [1.82, 2.24) is 5.32 Å². The molecule has 0 saturated heterocycles. The first-order chi connectivity index (χ1) is 12.6. The molecule has 0 aliphatic carbocycles. The minimum atomic E-state index is -0.0219. The van der Waals surface area contributed by atoms with Gasteiger partial charge in [-0.3, -0.25) is 4.79 Å². The maximum atomic E-state index is 12.0. The lowest BCUT2D eigenvalue weighted by Crippen LogP contribution is -2.37. The number of carbonyl (C=O) groups is 1. The van der Waals surface area contributed by atoms with Crippen molar-refractivity contribution in [2.45, 2.75) is 33.2 Å². The Hall–Kier alpha value is -2.20. The number of para-hydroxylation sites is 1. The first kappa shape index (κ1) is 20.1. The molecule has 1 N–H and O–H groups in total. The summed E-state index contributed by atoms with van der Waals surface area (Å²) in [6, 6.07) is 16.2. The molecule has 0 bridgehead atoms. The minimum Gasteiger partial charge on any atom is -0.491 e. The predicted molar refractivity (Wildman–Crippen MR) is 112 cm³/mol. The zero-order chi connectivity index (χ0) is 18.8. The van der Waals surface area contributed by atoms with Gasteiger partial charge in [0, 0.05) is 12.2 Å². The summed E-state index contributed by atoms with van der Waals surface area (Å²) < 4.78 is 5.89. The second-order valence-electron chi connectivity index (χ2n) is 6.33. The quantitative estimate of drug-likeness (QED) is 0.634. The van der Waals surface area contributed by atoms with Crippen LogP contribution in [0.2, 0.25) is 0 Å². The first-order valence-electron chi connectivity index (χ1n) is 8.88. The smallest absolute Gasteiger partial charge is 0.221 e. The van der Waals surface area contributed by atoms with Gasteiger partial charge in [-0.05, 0) is 48.9 Å². The third kappa shape index (κ3) is 6.96. The number of rotatable bonds is 9. The molecule has 0 fully saturated rings. The zero-order valence-electron chi connectivity index (χ0n) is 15.7. The van der Waals surface area contributed by atoms with E-state index in [-0.39, 0.29) is 11.9 Å². The van der Waals surface area contributed by atoms with Gasteiger partial charge in [0.15, 0.2) is 0 Å². The number of nitrogens with one attached hydrogen (secondary N) is 1. The Morgan fingerprint density at radius 1 is 1.12 bits per heavy atom. The molecule has 0 spiro atoms. The van der Waals surface area contributed by atoms with Crippen LogP contribution in [0.4, 0.5) is 0 Å². The van der Waals surface area contributed by atoms with Crippen molar-refractivity contribution >= 4 is 23.7 Å². The summed E-state index contributed by atoms with van der Waals surface area (Å²) in [7, 11) is 0. The summed E-state index contributed by atoms with van der Waals surface area (Å²) in [6.07, 6.45) is 2.56. The van der Waals surface area contributed by atoms with Gasteiger partial charge in [0.05, 0.1) is 6.04 Å². The summed E-state index contributed by atoms with van der Waals surface area (Å²) >= 11 is 1.64. The van der Waals surface area contributed by atoms with Crippen LogP contribution in [-0.4, -0.2) is 24.3 Å². The third-order valence-electron chi connectivity index (χ3n) is 3.90. The fourth-order valence-corrected chi connectivity index (χ4v) is 3.23. The van der Waals surface area contributed by atoms with E-state index in [4.69, 9.17) is 4.74 Å². The third-order valence-corrected chi connectivity index (χ3v) is 4.67. The van der Waals surface area contributed by atoms with Gasteiger partial charge < -0.3 is 10.1 Å². The Morgan fingerprint density at radius 2 is 1.81 bits per heavy atom. The normalized spacial score (nSPS) is 12.1. The molecular formula is C22H27NO2S. The number of benzene rings is 2. The van der Waals surface area contributed by atoms with E-state index in [1.807, 2.05) is 62.6 Å². The molecule has 0 radical (unpaired) electrons. The molecule has 1 unspecified atom stereocenters. The first-order valence-corrected chi connectivity index (χ1v) is 9.92. The van der Waals surface area contributed by atoms with E-state index in [0.717, 1.165) is 22.6 Å². The molecule has 0 aliphatic rings. The van der Waals surface area contributed by atoms with Crippen LogP contribution < -0.4 is 10.1 Å². The highest BCUT2D eigenvalue weighted by atomic mass is 32.2. The van der Waals surface area contributed by atoms with Crippen LogP contribution in [0.15, 0.2) is 53.9 Å². The van der Waals surface area contributed by atoms with Gasteiger partial charge in [0.25, 0.3) is 0 Å². The highest BCUT2D eigenvalue weighted by Crippen LogP contribution is 2.22. The molecule has 0 saturated carbocycles. The van der Waals surface area contributed by atoms with Crippen LogP contribution in [0.25, 0.3) is 6.08 Å². The summed E-state index contributed by atoms with van der Waals surface area (Å²) in [6.45, 7) is 6.50. The van der Waals surface area contributed by atoms with Gasteiger partial charge in [-0.15, -0.1) is 11.8 Å². The van der Waals surface area contributed by atoms with Crippen molar-refractivity contribution in [3.05, 3.63) is 70.6 Å². The fraction of sp³-hybridized carbons (Fsp3) is 0.318. The Kier molecular flexibility index (Phi) is 8.29. The Balaban J connectivity index is 1.65. The van der Waals surface area contributed by atoms with Crippen molar-refractivity contribution < 1.29 is 9.53 Å². The molecule has 1 amide bonds. The van der Waals surface area contributed by atoms with E-state index in [2.05, 4.69) is 23.5 Å². The Morgan fingerprint density at radius 3 is 2.50 bits per heavy atom. The zero-order valence-corrected chi connectivity index (χ0v) is 16.5. The molecule has 4 heteroatoms. The van der Waals surface area contributed by atoms with Crippen LogP contribution in [0.3, 0.4) is 0 Å². The second kappa shape index (κ2) is 10.7. The molecule has 0 aliphatic heterocycles. The average molecular weight is 370 g/mol. The lowest BCUT2D eigenvalue weighted by molar-refractivity contribution is -0.121. The van der Waals surface area contributed by atoms with Crippen LogP contribution >= 0.6 is 11.8 Å². The highest BCUT2D eigenvalue weighted by molar-refractivity contribution is 8.02. The number of hydrogen-bond acceptors (Lipinski definition) is 3. The summed E-state index contributed by atoms with van der Waals surface area (Å²) in [5.41, 5.74) is 3.40. The molecule has 2 aromatic carbocycles. The minimum absolute atomic E-state index is 0.0219. The Labute approximate surface area is 160 Å². The van der Waals surface area contributed by atoms with Crippen molar-refractivity contribution in [3.63, 3.8) is 0 Å². The van der Waals surface area contributed by atoms with E-state index in [1.54, 1.807) is 11.8 Å². The van der Waals surface area contributed by atoms with E-state index in [1.165, 1.54) is 5.56 Å². The van der Waals surface area contributed by atoms with Gasteiger partial charge in [-0.1, -0.05) is 48.5 Å². The van der Waals surface area contributed by atoms with Crippen molar-refractivity contribution in [1.29, 1.82) is 0 Å². The van der Waals surface area contributed by atoms with Crippen molar-refractivity contribution in [2.24, 2.45) is 0 Å². The van der Waals surface area contributed by atoms with Gasteiger partial charge in [-0.25, -0.2) is 0 Å². The SMILES string of the molecule is Cc1cccc(C)c1OCC(C)NC(=O)CCS/C=C/c1ccccc1. The van der Waals surface area contributed by atoms with E-state index < -0.39 is 0 Å². The lowest BCUT2D eigenvalue weighted by atomic mass is 10.1. The number of ether oxygens (including phenoxy) is 1. The average Bonchev–Trinajstić information content (AvgIpc) is 2.62. The molecule has 2 aromatic rings. The number of amides is 1. The topological polar surface area (TPSA) is 38.3 Å². The van der Waals surface area contributed by atoms with Gasteiger partial charge in [0.1, 0.15) is 12.4 Å². The fourth-order valence-electron chi connectivity index (χ4n) is 2.53. The highest BCUT2D eigenvalue weighted by Gasteiger charge is 2.10. The number of aryl methyl sites for hydroxylation is 2. The molecular weight excluding hydrogens is 342 g/mol. The van der Waals surface area contributed by atoms with Crippen LogP contribution in [0.1, 0.15) is 30.0 Å². The van der Waals surface area contributed by atoms with Crippen LogP contribution in [0, 0.1) is 13.8 Å². The monoisotopic (exact) mass is 369 g/mol. The van der Waals surface area contributed by atoms with Gasteiger partial charge in [0.2, 0.25) is 5.91 Å². The molecule has 2 rings (SSSR count). The molecule has 1 atom stereocenters. The molecule has 138 valence electrons. The van der Waals surface area contributed by atoms with E-state index in [0.29, 0.717) is 13.0 Å². The predicted octanol–water partition coefficient (Wildman–Crippen LogP) is 4.98. The largest absolute Gasteiger partial charge is 0.491 e. The van der Waals surface area contributed by atoms with Crippen LogP contribution in [0.5, 0.6) is 5.75 Å². The molecule has 3 nitrogen and oxygen atoms in total. The van der Waals surface area contributed by atoms with Gasteiger partial charge >= 0.3 is 0 Å². The summed E-state index contributed by atoms with van der Waals surface area (Å²) in [5, 5.41) is 5.03. The van der Waals surface area contributed by atoms with Crippen molar-refractivity contribution in [3.8, 4) is 5.75 Å². The van der Waals surface area contributed by atoms with Crippen LogP contribution in [-0.2, 0) is 4.79 Å². The van der Waals surface area contributed by atoms with E-state index in [9.17, 15) is 4.79 Å². The van der Waals surface area contributed by atoms with Crippen molar-refractivity contribution in [2.75, 3.05) is 12.4 Å². The molecule has 0 aromatic heterocycles. The lowest BCUT2D eigenvalue weighted by Gasteiger charge is -2.17. The summed E-state index contributed by atoms with van der Waals surface area (Å²) in [5.74, 6) is 1.73. The molecule has 26 heavy (non-hydrogen) atoms. The standard InChI is InChI=1S/C22H27NO2S/c1-17-8-7-9-18(2)22(17)25-16-19(3)23-21(24)13-15-26-14-12-20-10-5-4-6-11-20/h4-12,14,19H,13,15-16H2,1-3H3,(H,23,24)/b14-12+. The number of hydrogen-bond donors (Lipinski definition) is 1. The number of thioether (sulfide) groups is 1. The maximum Gasteiger partial charge on any atom is 0.221 e. The van der Waals surface area contributed by atoms with Gasteiger partial charge in [-0.2, -0.15) is 0 Å².